The Balaban J connectivity index is 1.53. The molecule has 6 heteroatoms. The van der Waals surface area contributed by atoms with Crippen LogP contribution < -0.4 is 4.90 Å². The van der Waals surface area contributed by atoms with Crippen LogP contribution in [-0.4, -0.2) is 41.0 Å². The lowest BCUT2D eigenvalue weighted by Gasteiger charge is -2.36. The van der Waals surface area contributed by atoms with Crippen molar-refractivity contribution in [2.45, 2.75) is 6.54 Å². The van der Waals surface area contributed by atoms with Gasteiger partial charge in [-0.2, -0.15) is 0 Å². The predicted octanol–water partition coefficient (Wildman–Crippen LogP) is 3.47. The fraction of sp³-hybridized carbons (Fsp3) is 0.250. The molecule has 0 spiro atoms. The smallest absolute Gasteiger partial charge is 0.278 e. The highest BCUT2D eigenvalue weighted by molar-refractivity contribution is 5.99. The lowest BCUT2D eigenvalue weighted by atomic mass is 10.1. The molecule has 0 radical (unpaired) electrons. The zero-order chi connectivity index (χ0) is 17.9. The summed E-state index contributed by atoms with van der Waals surface area (Å²) < 4.78 is 0. The van der Waals surface area contributed by atoms with Gasteiger partial charge in [-0.3, -0.25) is 20.0 Å². The van der Waals surface area contributed by atoms with E-state index in [0.29, 0.717) is 5.39 Å². The van der Waals surface area contributed by atoms with Crippen molar-refractivity contribution in [1.82, 2.24) is 9.88 Å². The molecule has 6 nitrogen and oxygen atoms in total. The van der Waals surface area contributed by atoms with Gasteiger partial charge in [0.1, 0.15) is 0 Å². The van der Waals surface area contributed by atoms with Crippen LogP contribution in [-0.2, 0) is 6.54 Å². The number of non-ortho nitro benzene ring substituents is 1. The Labute approximate surface area is 151 Å². The van der Waals surface area contributed by atoms with Crippen LogP contribution in [0.2, 0.25) is 0 Å². The lowest BCUT2D eigenvalue weighted by molar-refractivity contribution is -0.383. The van der Waals surface area contributed by atoms with Crippen LogP contribution in [0, 0.1) is 10.1 Å². The lowest BCUT2D eigenvalue weighted by Crippen LogP contribution is -2.46. The molecule has 26 heavy (non-hydrogen) atoms. The first-order valence-corrected chi connectivity index (χ1v) is 8.75. The summed E-state index contributed by atoms with van der Waals surface area (Å²) in [5, 5.41) is 12.8. The fourth-order valence-corrected chi connectivity index (χ4v) is 3.58. The third-order valence-corrected chi connectivity index (χ3v) is 4.93. The summed E-state index contributed by atoms with van der Waals surface area (Å²) in [6.45, 7) is 4.71. The molecule has 2 aromatic carbocycles. The molecule has 0 saturated carbocycles. The summed E-state index contributed by atoms with van der Waals surface area (Å²) in [5.74, 6) is 0. The van der Waals surface area contributed by atoms with E-state index in [1.54, 1.807) is 18.5 Å². The Morgan fingerprint density at radius 3 is 2.46 bits per heavy atom. The van der Waals surface area contributed by atoms with E-state index in [-0.39, 0.29) is 10.6 Å². The number of benzene rings is 2. The van der Waals surface area contributed by atoms with Crippen LogP contribution in [0.1, 0.15) is 5.56 Å². The summed E-state index contributed by atoms with van der Waals surface area (Å²) in [4.78, 5) is 19.8. The molecule has 0 bridgehead atoms. The molecule has 132 valence electrons. The first-order valence-electron chi connectivity index (χ1n) is 8.75. The monoisotopic (exact) mass is 348 g/mol. The number of fused-ring (bicyclic) bond motifs is 1. The van der Waals surface area contributed by atoms with E-state index in [1.165, 1.54) is 5.56 Å². The summed E-state index contributed by atoms with van der Waals surface area (Å²) in [6.07, 6.45) is 3.28. The molecule has 1 aliphatic rings. The number of nitro benzene ring substituents is 1. The third-order valence-electron chi connectivity index (χ3n) is 4.93. The molecule has 0 unspecified atom stereocenters. The van der Waals surface area contributed by atoms with Gasteiger partial charge in [0.2, 0.25) is 0 Å². The van der Waals surface area contributed by atoms with E-state index in [2.05, 4.69) is 39.0 Å². The molecule has 4 rings (SSSR count). The predicted molar refractivity (Wildman–Crippen MR) is 102 cm³/mol. The number of pyridine rings is 1. The largest absolute Gasteiger partial charge is 0.368 e. The number of nitrogens with zero attached hydrogens (tertiary/aromatic N) is 4. The molecule has 1 aromatic heterocycles. The number of hydrogen-bond donors (Lipinski definition) is 0. The summed E-state index contributed by atoms with van der Waals surface area (Å²) in [7, 11) is 0. The second-order valence-corrected chi connectivity index (χ2v) is 6.53. The molecular weight excluding hydrogens is 328 g/mol. The maximum Gasteiger partial charge on any atom is 0.278 e. The maximum atomic E-state index is 11.3. The number of piperazine rings is 1. The van der Waals surface area contributed by atoms with Crippen LogP contribution in [0.3, 0.4) is 0 Å². The number of rotatable bonds is 4. The molecule has 2 heterocycles. The van der Waals surface area contributed by atoms with Gasteiger partial charge >= 0.3 is 0 Å². The van der Waals surface area contributed by atoms with Crippen molar-refractivity contribution in [2.75, 3.05) is 31.1 Å². The van der Waals surface area contributed by atoms with Gasteiger partial charge in [0.15, 0.2) is 0 Å². The molecule has 1 saturated heterocycles. The zero-order valence-electron chi connectivity index (χ0n) is 14.4. The molecule has 0 amide bonds. The van der Waals surface area contributed by atoms with Crippen molar-refractivity contribution in [3.8, 4) is 0 Å². The highest BCUT2D eigenvalue weighted by Gasteiger charge is 2.21. The van der Waals surface area contributed by atoms with Crippen LogP contribution in [0.25, 0.3) is 10.8 Å². The first-order chi connectivity index (χ1) is 12.7. The average Bonchev–Trinajstić information content (AvgIpc) is 2.68. The first kappa shape index (κ1) is 16.5. The summed E-state index contributed by atoms with van der Waals surface area (Å²) in [6, 6.07) is 15.8. The van der Waals surface area contributed by atoms with Gasteiger partial charge in [-0.1, -0.05) is 30.3 Å². The fourth-order valence-electron chi connectivity index (χ4n) is 3.58. The Morgan fingerprint density at radius 2 is 1.73 bits per heavy atom. The van der Waals surface area contributed by atoms with Gasteiger partial charge in [0, 0.05) is 62.3 Å². The molecule has 1 aliphatic heterocycles. The van der Waals surface area contributed by atoms with Gasteiger partial charge in [0.25, 0.3) is 5.69 Å². The highest BCUT2D eigenvalue weighted by Crippen LogP contribution is 2.33. The van der Waals surface area contributed by atoms with E-state index in [1.807, 2.05) is 18.2 Å². The van der Waals surface area contributed by atoms with Crippen molar-refractivity contribution < 1.29 is 4.92 Å². The molecule has 3 aromatic rings. The zero-order valence-corrected chi connectivity index (χ0v) is 14.4. The van der Waals surface area contributed by atoms with Gasteiger partial charge in [-0.25, -0.2) is 0 Å². The van der Waals surface area contributed by atoms with Crippen molar-refractivity contribution >= 4 is 22.1 Å². The number of aromatic nitrogens is 1. The van der Waals surface area contributed by atoms with Crippen LogP contribution in [0.15, 0.2) is 60.9 Å². The Morgan fingerprint density at radius 1 is 0.962 bits per heavy atom. The van der Waals surface area contributed by atoms with Gasteiger partial charge in [-0.15, -0.1) is 0 Å². The molecular formula is C20H20N4O2. The topological polar surface area (TPSA) is 62.5 Å². The van der Waals surface area contributed by atoms with Crippen LogP contribution in [0.4, 0.5) is 11.4 Å². The normalized spacial score (nSPS) is 15.3. The highest BCUT2D eigenvalue weighted by atomic mass is 16.6. The molecule has 0 aliphatic carbocycles. The average molecular weight is 348 g/mol. The standard InChI is InChI=1S/C20H20N4O2/c25-24(26)20-7-6-19(17-8-9-21-14-18(17)20)23-12-10-22(11-13-23)15-16-4-2-1-3-5-16/h1-9,14H,10-13,15H2. The minimum atomic E-state index is -0.342. The Bertz CT molecular complexity index is 922. The van der Waals surface area contributed by atoms with E-state index >= 15 is 0 Å². The van der Waals surface area contributed by atoms with Crippen molar-refractivity contribution in [1.29, 1.82) is 0 Å². The number of hydrogen-bond acceptors (Lipinski definition) is 5. The van der Waals surface area contributed by atoms with Crippen LogP contribution in [0.5, 0.6) is 0 Å². The van der Waals surface area contributed by atoms with Crippen molar-refractivity contribution in [2.24, 2.45) is 0 Å². The maximum absolute atomic E-state index is 11.3. The van der Waals surface area contributed by atoms with E-state index in [4.69, 9.17) is 0 Å². The minimum Gasteiger partial charge on any atom is -0.368 e. The second-order valence-electron chi connectivity index (χ2n) is 6.53. The van der Waals surface area contributed by atoms with Crippen molar-refractivity contribution in [3.63, 3.8) is 0 Å². The minimum absolute atomic E-state index is 0.111. The molecule has 1 fully saturated rings. The second kappa shape index (κ2) is 7.09. The summed E-state index contributed by atoms with van der Waals surface area (Å²) >= 11 is 0. The van der Waals surface area contributed by atoms with Crippen molar-refractivity contribution in [3.05, 3.63) is 76.6 Å². The van der Waals surface area contributed by atoms with Gasteiger partial charge in [-0.05, 0) is 17.7 Å². The van der Waals surface area contributed by atoms with E-state index < -0.39 is 0 Å². The van der Waals surface area contributed by atoms with Gasteiger partial charge < -0.3 is 4.90 Å². The number of anilines is 1. The van der Waals surface area contributed by atoms with Gasteiger partial charge in [0.05, 0.1) is 10.3 Å². The summed E-state index contributed by atoms with van der Waals surface area (Å²) in [5.41, 5.74) is 2.49. The Hall–Kier alpha value is -2.99. The SMILES string of the molecule is O=[N+]([O-])c1ccc(N2CCN(Cc3ccccc3)CC2)c2ccncc12. The van der Waals surface area contributed by atoms with E-state index in [9.17, 15) is 10.1 Å². The van der Waals surface area contributed by atoms with E-state index in [0.717, 1.165) is 43.8 Å². The third kappa shape index (κ3) is 3.23. The molecule has 0 atom stereocenters. The Kier molecular flexibility index (Phi) is 4.50. The quantitative estimate of drug-likeness (QED) is 0.534. The van der Waals surface area contributed by atoms with Crippen LogP contribution >= 0.6 is 0 Å². The number of nitro groups is 1. The molecule has 0 N–H and O–H groups in total.